The normalized spacial score (nSPS) is 23.1. The van der Waals surface area contributed by atoms with Crippen LogP contribution in [0.5, 0.6) is 0 Å². The number of hydrogen-bond donors (Lipinski definition) is 1. The molecule has 0 radical (unpaired) electrons. The number of halogens is 1. The Bertz CT molecular complexity index is 1790. The lowest BCUT2D eigenvalue weighted by molar-refractivity contribution is 0.244. The highest BCUT2D eigenvalue weighted by Crippen LogP contribution is 2.47. The number of hydrogen-bond acceptors (Lipinski definition) is 9. The van der Waals surface area contributed by atoms with Gasteiger partial charge in [0.25, 0.3) is 0 Å². The fraction of sp³-hybridized carbons (Fsp3) is 0.448. The third-order valence-corrected chi connectivity index (χ3v) is 9.65. The molecule has 10 nitrogen and oxygen atoms in total. The van der Waals surface area contributed by atoms with Crippen LogP contribution in [0.25, 0.3) is 33.8 Å². The number of rotatable bonds is 5. The fourth-order valence-electron chi connectivity index (χ4n) is 6.90. The number of H-pyrrole nitrogens is 1. The Labute approximate surface area is 245 Å². The molecule has 4 atom stereocenters. The van der Waals surface area contributed by atoms with E-state index in [4.69, 9.17) is 31.1 Å². The highest BCUT2D eigenvalue weighted by atomic mass is 35.5. The van der Waals surface area contributed by atoms with Crippen molar-refractivity contribution in [3.63, 3.8) is 0 Å². The molecule has 7 rings (SSSR count). The average Bonchev–Trinajstić information content (AvgIpc) is 3.74. The molecule has 1 aliphatic heterocycles. The number of pyridine rings is 2. The number of thiazole rings is 1. The van der Waals surface area contributed by atoms with Gasteiger partial charge in [0.05, 0.1) is 38.5 Å². The summed E-state index contributed by atoms with van der Waals surface area (Å²) in [6.45, 7) is 4.45. The maximum absolute atomic E-state index is 11.8. The topological polar surface area (TPSA) is 119 Å². The molecule has 1 aliphatic carbocycles. The molecule has 0 aromatic carbocycles. The van der Waals surface area contributed by atoms with E-state index in [-0.39, 0.29) is 11.9 Å². The van der Waals surface area contributed by atoms with E-state index in [1.165, 1.54) is 25.7 Å². The number of aryl methyl sites for hydroxylation is 2. The first-order chi connectivity index (χ1) is 19.9. The fourth-order valence-corrected chi connectivity index (χ4v) is 7.73. The lowest BCUT2D eigenvalue weighted by Crippen LogP contribution is -2.40. The van der Waals surface area contributed by atoms with Crippen LogP contribution in [-0.2, 0) is 7.05 Å². The minimum atomic E-state index is -0.641. The molecule has 0 amide bonds. The minimum absolute atomic E-state index is 0.147. The molecule has 3 unspecified atom stereocenters. The molecule has 41 heavy (non-hydrogen) atoms. The first kappa shape index (κ1) is 26.3. The zero-order valence-electron chi connectivity index (χ0n) is 23.2. The molecule has 12 heteroatoms. The quantitative estimate of drug-likeness (QED) is 0.252. The van der Waals surface area contributed by atoms with Gasteiger partial charge in [-0.25, -0.2) is 19.7 Å². The van der Waals surface area contributed by atoms with Crippen molar-refractivity contribution in [2.75, 3.05) is 4.90 Å². The van der Waals surface area contributed by atoms with Crippen LogP contribution in [0.15, 0.2) is 39.2 Å². The standard InChI is InChI=1S/C29H31ClN8O2S/c1-15-5-4-6-17(9-15)23-7-8-24(22-14-41-16(2)32-22)38(23)28-34-20-11-21(27-35-29(39)40-36-27)33-25(26(20)37(28)3)18-10-19(30)13-31-12-18/h10-15,17,23-24H,4-9H2,1-3H3,(H,35,36,39)/t15-,17?,23?,24?/m0/s1. The maximum Gasteiger partial charge on any atom is 0.439 e. The first-order valence-corrected chi connectivity index (χ1v) is 15.4. The first-order valence-electron chi connectivity index (χ1n) is 14.1. The SMILES string of the molecule is Cc1nc(C2CCC(C3CCC[C@H](C)C3)N2c2nc3cc(-c4noc(=O)[nH]4)nc(-c4cncc(Cl)c4)c3n2C)cs1. The monoisotopic (exact) mass is 590 g/mol. The van der Waals surface area contributed by atoms with Crippen molar-refractivity contribution >= 4 is 39.9 Å². The summed E-state index contributed by atoms with van der Waals surface area (Å²) in [5, 5.41) is 7.67. The third-order valence-electron chi connectivity index (χ3n) is 8.65. The summed E-state index contributed by atoms with van der Waals surface area (Å²) in [4.78, 5) is 36.3. The van der Waals surface area contributed by atoms with Gasteiger partial charge in [-0.2, -0.15) is 0 Å². The van der Waals surface area contributed by atoms with Gasteiger partial charge in [-0.1, -0.05) is 36.5 Å². The summed E-state index contributed by atoms with van der Waals surface area (Å²) in [6.07, 6.45) is 10.5. The van der Waals surface area contributed by atoms with Gasteiger partial charge >= 0.3 is 5.76 Å². The number of anilines is 1. The van der Waals surface area contributed by atoms with Crippen LogP contribution in [0.3, 0.4) is 0 Å². The molecular formula is C29H31ClN8O2S. The average molecular weight is 591 g/mol. The van der Waals surface area contributed by atoms with E-state index in [1.807, 2.05) is 19.2 Å². The van der Waals surface area contributed by atoms with Crippen molar-refractivity contribution in [1.82, 2.24) is 34.6 Å². The summed E-state index contributed by atoms with van der Waals surface area (Å²) in [7, 11) is 2.05. The third kappa shape index (κ3) is 4.74. The van der Waals surface area contributed by atoms with Gasteiger partial charge in [-0.3, -0.25) is 14.5 Å². The van der Waals surface area contributed by atoms with E-state index in [0.717, 1.165) is 52.0 Å². The Balaban J connectivity index is 1.43. The van der Waals surface area contributed by atoms with Crippen LogP contribution in [0.4, 0.5) is 5.95 Å². The van der Waals surface area contributed by atoms with E-state index in [0.29, 0.717) is 28.4 Å². The van der Waals surface area contributed by atoms with E-state index in [9.17, 15) is 4.79 Å². The second kappa shape index (κ2) is 10.4. The smallest absolute Gasteiger partial charge is 0.330 e. The van der Waals surface area contributed by atoms with Gasteiger partial charge < -0.3 is 9.47 Å². The number of nitrogens with one attached hydrogen (secondary N) is 1. The molecule has 0 bridgehead atoms. The zero-order valence-corrected chi connectivity index (χ0v) is 24.7. The summed E-state index contributed by atoms with van der Waals surface area (Å²) < 4.78 is 6.93. The summed E-state index contributed by atoms with van der Waals surface area (Å²) in [6, 6.07) is 4.20. The molecule has 0 spiro atoms. The highest BCUT2D eigenvalue weighted by molar-refractivity contribution is 7.09. The van der Waals surface area contributed by atoms with Crippen molar-refractivity contribution in [3.8, 4) is 22.8 Å². The van der Waals surface area contributed by atoms with Gasteiger partial charge in [0.1, 0.15) is 5.69 Å². The second-order valence-corrected chi connectivity index (χ2v) is 12.9. The molecule has 2 fully saturated rings. The molecular weight excluding hydrogens is 560 g/mol. The predicted molar refractivity (Wildman–Crippen MR) is 159 cm³/mol. The van der Waals surface area contributed by atoms with Crippen LogP contribution in [0, 0.1) is 18.8 Å². The molecule has 1 saturated heterocycles. The van der Waals surface area contributed by atoms with Crippen molar-refractivity contribution in [3.05, 3.63) is 56.2 Å². The van der Waals surface area contributed by atoms with Gasteiger partial charge in [0, 0.05) is 36.4 Å². The van der Waals surface area contributed by atoms with Gasteiger partial charge in [-0.15, -0.1) is 11.3 Å². The van der Waals surface area contributed by atoms with Crippen LogP contribution < -0.4 is 10.7 Å². The summed E-state index contributed by atoms with van der Waals surface area (Å²) in [5.41, 5.74) is 4.56. The molecule has 6 heterocycles. The van der Waals surface area contributed by atoms with Crippen molar-refractivity contribution in [2.45, 2.75) is 64.5 Å². The summed E-state index contributed by atoms with van der Waals surface area (Å²) >= 11 is 8.06. The molecule has 2 aliphatic rings. The highest BCUT2D eigenvalue weighted by Gasteiger charge is 2.43. The van der Waals surface area contributed by atoms with E-state index < -0.39 is 5.76 Å². The van der Waals surface area contributed by atoms with Crippen LogP contribution in [0.1, 0.15) is 62.2 Å². The molecule has 5 aromatic heterocycles. The van der Waals surface area contributed by atoms with Crippen LogP contribution in [0.2, 0.25) is 5.02 Å². The van der Waals surface area contributed by atoms with E-state index in [1.54, 1.807) is 23.7 Å². The Morgan fingerprint density at radius 2 is 2.00 bits per heavy atom. The van der Waals surface area contributed by atoms with Gasteiger partial charge in [-0.05, 0) is 56.6 Å². The summed E-state index contributed by atoms with van der Waals surface area (Å²) in [5.74, 6) is 1.83. The van der Waals surface area contributed by atoms with Crippen molar-refractivity contribution in [1.29, 1.82) is 0 Å². The number of imidazole rings is 1. The molecule has 1 N–H and O–H groups in total. The molecule has 212 valence electrons. The van der Waals surface area contributed by atoms with Gasteiger partial charge in [0.2, 0.25) is 11.8 Å². The van der Waals surface area contributed by atoms with Crippen molar-refractivity contribution < 1.29 is 4.52 Å². The Kier molecular flexibility index (Phi) is 6.66. The minimum Gasteiger partial charge on any atom is -0.330 e. The van der Waals surface area contributed by atoms with Crippen LogP contribution >= 0.6 is 22.9 Å². The Morgan fingerprint density at radius 3 is 2.73 bits per heavy atom. The largest absolute Gasteiger partial charge is 0.439 e. The number of aromatic nitrogens is 7. The number of aromatic amines is 1. The zero-order chi connectivity index (χ0) is 28.2. The van der Waals surface area contributed by atoms with Crippen LogP contribution in [-0.4, -0.2) is 40.7 Å². The maximum atomic E-state index is 11.8. The number of fused-ring (bicyclic) bond motifs is 1. The van der Waals surface area contributed by atoms with E-state index >= 15 is 0 Å². The lowest BCUT2D eigenvalue weighted by atomic mass is 9.78. The molecule has 5 aromatic rings. The lowest BCUT2D eigenvalue weighted by Gasteiger charge is -2.38. The number of nitrogens with zero attached hydrogens (tertiary/aromatic N) is 7. The van der Waals surface area contributed by atoms with Crippen molar-refractivity contribution in [2.24, 2.45) is 18.9 Å². The Morgan fingerprint density at radius 1 is 1.12 bits per heavy atom. The van der Waals surface area contributed by atoms with E-state index in [2.05, 4.69) is 43.8 Å². The Hall–Kier alpha value is -3.57. The predicted octanol–water partition coefficient (Wildman–Crippen LogP) is 6.33. The molecule has 1 saturated carbocycles. The van der Waals surface area contributed by atoms with Gasteiger partial charge in [0.15, 0.2) is 0 Å². The second-order valence-electron chi connectivity index (χ2n) is 11.4.